The van der Waals surface area contributed by atoms with E-state index in [1.807, 2.05) is 20.8 Å². The number of carbonyl (C=O) groups is 1. The Labute approximate surface area is 194 Å². The Kier molecular flexibility index (Phi) is 6.47. The van der Waals surface area contributed by atoms with Gasteiger partial charge in [-0.15, -0.1) is 0 Å². The second-order valence-electron chi connectivity index (χ2n) is 10.3. The van der Waals surface area contributed by atoms with Crippen LogP contribution in [0.2, 0.25) is 0 Å². The van der Waals surface area contributed by atoms with Gasteiger partial charge in [-0.2, -0.15) is 0 Å². The summed E-state index contributed by atoms with van der Waals surface area (Å²) in [6, 6.07) is 12.5. The van der Waals surface area contributed by atoms with Crippen molar-refractivity contribution in [3.63, 3.8) is 0 Å². The topological polar surface area (TPSA) is 53.0 Å². The third kappa shape index (κ3) is 5.20. The average Bonchev–Trinajstić information content (AvgIpc) is 3.16. The van der Waals surface area contributed by atoms with Gasteiger partial charge >= 0.3 is 6.09 Å². The standard InChI is InChI=1S/C26H32F2N2O3/c1-25(2,3)33-24(32)30-14-12-22(31)26(17-30)13-15-29(16-26)23(18-4-8-20(27)9-5-18)19-6-10-21(28)11-7-19/h4-11,22-23,31H,12-17H2,1-3H3. The first-order valence-electron chi connectivity index (χ1n) is 11.5. The van der Waals surface area contributed by atoms with Gasteiger partial charge in [0.25, 0.3) is 0 Å². The molecule has 0 bridgehead atoms. The maximum absolute atomic E-state index is 13.6. The molecule has 2 aromatic rings. The van der Waals surface area contributed by atoms with E-state index in [2.05, 4.69) is 4.90 Å². The molecule has 1 spiro atoms. The van der Waals surface area contributed by atoms with Crippen molar-refractivity contribution in [3.05, 3.63) is 71.3 Å². The highest BCUT2D eigenvalue weighted by Crippen LogP contribution is 2.44. The van der Waals surface area contributed by atoms with Crippen molar-refractivity contribution >= 4 is 6.09 Å². The van der Waals surface area contributed by atoms with Crippen LogP contribution < -0.4 is 0 Å². The van der Waals surface area contributed by atoms with E-state index in [0.717, 1.165) is 11.1 Å². The van der Waals surface area contributed by atoms with Gasteiger partial charge in [0.05, 0.1) is 12.1 Å². The van der Waals surface area contributed by atoms with Crippen molar-refractivity contribution in [2.75, 3.05) is 26.2 Å². The molecule has 2 saturated heterocycles. The minimum absolute atomic E-state index is 0.213. The normalized spacial score (nSPS) is 24.0. The molecule has 2 atom stereocenters. The average molecular weight is 459 g/mol. The van der Waals surface area contributed by atoms with Crippen molar-refractivity contribution < 1.29 is 23.4 Å². The van der Waals surface area contributed by atoms with E-state index in [4.69, 9.17) is 4.74 Å². The third-order valence-corrected chi connectivity index (χ3v) is 6.69. The fraction of sp³-hybridized carbons (Fsp3) is 0.500. The van der Waals surface area contributed by atoms with Gasteiger partial charge in [0, 0.05) is 25.0 Å². The molecule has 2 heterocycles. The molecule has 2 fully saturated rings. The summed E-state index contributed by atoms with van der Waals surface area (Å²) in [5.74, 6) is -0.629. The number of aliphatic hydroxyl groups is 1. The van der Waals surface area contributed by atoms with Crippen molar-refractivity contribution in [1.29, 1.82) is 0 Å². The van der Waals surface area contributed by atoms with Gasteiger partial charge in [0.1, 0.15) is 17.2 Å². The molecule has 33 heavy (non-hydrogen) atoms. The van der Waals surface area contributed by atoms with Crippen molar-refractivity contribution in [3.8, 4) is 0 Å². The molecule has 178 valence electrons. The first-order chi connectivity index (χ1) is 15.6. The van der Waals surface area contributed by atoms with E-state index in [9.17, 15) is 18.7 Å². The first-order valence-corrected chi connectivity index (χ1v) is 11.5. The molecule has 0 radical (unpaired) electrons. The summed E-state index contributed by atoms with van der Waals surface area (Å²) < 4.78 is 32.8. The lowest BCUT2D eigenvalue weighted by Gasteiger charge is -2.44. The molecular formula is C26H32F2N2O3. The molecule has 2 aliphatic heterocycles. The number of piperidine rings is 1. The number of carbonyl (C=O) groups excluding carboxylic acids is 1. The predicted octanol–water partition coefficient (Wildman–Crippen LogP) is 4.75. The van der Waals surface area contributed by atoms with Crippen molar-refractivity contribution in [1.82, 2.24) is 9.80 Å². The zero-order valence-electron chi connectivity index (χ0n) is 19.4. The van der Waals surface area contributed by atoms with Crippen LogP contribution in [-0.4, -0.2) is 58.9 Å². The Balaban J connectivity index is 1.60. The molecule has 2 aromatic carbocycles. The highest BCUT2D eigenvalue weighted by molar-refractivity contribution is 5.68. The molecule has 2 aliphatic rings. The number of halogens is 2. The second kappa shape index (κ2) is 9.03. The van der Waals surface area contributed by atoms with Gasteiger partial charge in [0.15, 0.2) is 0 Å². The number of hydrogen-bond acceptors (Lipinski definition) is 4. The second-order valence-corrected chi connectivity index (χ2v) is 10.3. The lowest BCUT2D eigenvalue weighted by molar-refractivity contribution is -0.0498. The summed E-state index contributed by atoms with van der Waals surface area (Å²) in [7, 11) is 0. The molecule has 7 heteroatoms. The first kappa shape index (κ1) is 23.6. The van der Waals surface area contributed by atoms with Crippen LogP contribution in [0, 0.1) is 17.0 Å². The lowest BCUT2D eigenvalue weighted by Crippen LogP contribution is -2.55. The van der Waals surface area contributed by atoms with Crippen LogP contribution in [0.5, 0.6) is 0 Å². The van der Waals surface area contributed by atoms with E-state index < -0.39 is 17.1 Å². The molecule has 0 aliphatic carbocycles. The minimum atomic E-state index is -0.585. The predicted molar refractivity (Wildman–Crippen MR) is 122 cm³/mol. The van der Waals surface area contributed by atoms with Crippen LogP contribution in [0.4, 0.5) is 13.6 Å². The minimum Gasteiger partial charge on any atom is -0.444 e. The van der Waals surface area contributed by atoms with Crippen LogP contribution in [0.15, 0.2) is 48.5 Å². The van der Waals surface area contributed by atoms with E-state index in [0.29, 0.717) is 39.0 Å². The van der Waals surface area contributed by atoms with E-state index in [1.54, 1.807) is 29.2 Å². The molecule has 4 rings (SSSR count). The van der Waals surface area contributed by atoms with Crippen molar-refractivity contribution in [2.45, 2.75) is 51.4 Å². The van der Waals surface area contributed by atoms with E-state index >= 15 is 0 Å². The van der Waals surface area contributed by atoms with Crippen LogP contribution >= 0.6 is 0 Å². The molecular weight excluding hydrogens is 426 g/mol. The number of aliphatic hydroxyl groups excluding tert-OH is 1. The molecule has 2 unspecified atom stereocenters. The van der Waals surface area contributed by atoms with Crippen LogP contribution in [0.3, 0.4) is 0 Å². The molecule has 5 nitrogen and oxygen atoms in total. The largest absolute Gasteiger partial charge is 0.444 e. The van der Waals surface area contributed by atoms with Gasteiger partial charge in [-0.1, -0.05) is 24.3 Å². The number of rotatable bonds is 3. The number of nitrogens with zero attached hydrogens (tertiary/aromatic N) is 2. The quantitative estimate of drug-likeness (QED) is 0.721. The van der Waals surface area contributed by atoms with Crippen molar-refractivity contribution in [2.24, 2.45) is 5.41 Å². The van der Waals surface area contributed by atoms with Crippen LogP contribution in [-0.2, 0) is 4.74 Å². The molecule has 1 N–H and O–H groups in total. The Hall–Kier alpha value is -2.51. The number of benzene rings is 2. The van der Waals surface area contributed by atoms with Gasteiger partial charge in [-0.3, -0.25) is 4.90 Å². The number of ether oxygens (including phenoxy) is 1. The number of amides is 1. The summed E-state index contributed by atoms with van der Waals surface area (Å²) in [6.07, 6.45) is 0.307. The Morgan fingerprint density at radius 2 is 1.55 bits per heavy atom. The Morgan fingerprint density at radius 1 is 1.00 bits per heavy atom. The summed E-state index contributed by atoms with van der Waals surface area (Å²) in [5, 5.41) is 11.0. The maximum atomic E-state index is 13.6. The number of hydrogen-bond donors (Lipinski definition) is 1. The van der Waals surface area contributed by atoms with Gasteiger partial charge in [0.2, 0.25) is 0 Å². The molecule has 1 amide bonds. The SMILES string of the molecule is CC(C)(C)OC(=O)N1CCC(O)C2(CCN(C(c3ccc(F)cc3)c3ccc(F)cc3)C2)C1. The van der Waals surface area contributed by atoms with Crippen LogP contribution in [0.25, 0.3) is 0 Å². The van der Waals surface area contributed by atoms with Gasteiger partial charge < -0.3 is 14.7 Å². The van der Waals surface area contributed by atoms with E-state index in [1.165, 1.54) is 24.3 Å². The molecule has 0 aromatic heterocycles. The highest BCUT2D eigenvalue weighted by Gasteiger charge is 2.50. The van der Waals surface area contributed by atoms with E-state index in [-0.39, 0.29) is 23.8 Å². The Morgan fingerprint density at radius 3 is 2.06 bits per heavy atom. The zero-order valence-corrected chi connectivity index (χ0v) is 19.4. The smallest absolute Gasteiger partial charge is 0.410 e. The number of likely N-dealkylation sites (tertiary alicyclic amines) is 2. The molecule has 0 saturated carbocycles. The Bertz CT molecular complexity index is 929. The fourth-order valence-corrected chi connectivity index (χ4v) is 5.09. The summed E-state index contributed by atoms with van der Waals surface area (Å²) in [4.78, 5) is 16.7. The summed E-state index contributed by atoms with van der Waals surface area (Å²) in [6.45, 7) is 7.65. The van der Waals surface area contributed by atoms with Crippen LogP contribution in [0.1, 0.15) is 50.8 Å². The third-order valence-electron chi connectivity index (χ3n) is 6.69. The summed E-state index contributed by atoms with van der Waals surface area (Å²) >= 11 is 0. The maximum Gasteiger partial charge on any atom is 0.410 e. The van der Waals surface area contributed by atoms with Gasteiger partial charge in [-0.25, -0.2) is 13.6 Å². The zero-order chi connectivity index (χ0) is 23.8. The lowest BCUT2D eigenvalue weighted by atomic mass is 9.76. The van der Waals surface area contributed by atoms with Gasteiger partial charge in [-0.05, 0) is 75.5 Å². The summed E-state index contributed by atoms with van der Waals surface area (Å²) in [5.41, 5.74) is 0.731. The fourth-order valence-electron chi connectivity index (χ4n) is 5.09. The monoisotopic (exact) mass is 458 g/mol. The highest BCUT2D eigenvalue weighted by atomic mass is 19.1.